The third-order valence-electron chi connectivity index (χ3n) is 2.47. The SMILES string of the molecule is CCC(C)C(C(=O)OC)n1ccnc1. The van der Waals surface area contributed by atoms with Crippen LogP contribution in [0.25, 0.3) is 0 Å². The second kappa shape index (κ2) is 4.79. The van der Waals surface area contributed by atoms with Gasteiger partial charge in [-0.15, -0.1) is 0 Å². The summed E-state index contributed by atoms with van der Waals surface area (Å²) in [7, 11) is 1.41. The van der Waals surface area contributed by atoms with E-state index in [9.17, 15) is 4.79 Å². The van der Waals surface area contributed by atoms with Gasteiger partial charge in [-0.05, 0) is 5.92 Å². The van der Waals surface area contributed by atoms with Crippen LogP contribution in [-0.4, -0.2) is 22.6 Å². The molecule has 0 radical (unpaired) electrons. The van der Waals surface area contributed by atoms with Crippen molar-refractivity contribution >= 4 is 5.97 Å². The molecule has 0 aromatic carbocycles. The molecule has 0 saturated heterocycles. The number of aromatic nitrogens is 2. The molecule has 78 valence electrons. The number of nitrogens with zero attached hydrogens (tertiary/aromatic N) is 2. The van der Waals surface area contributed by atoms with E-state index in [1.165, 1.54) is 7.11 Å². The molecule has 14 heavy (non-hydrogen) atoms. The van der Waals surface area contributed by atoms with Crippen LogP contribution in [0, 0.1) is 5.92 Å². The molecule has 0 amide bonds. The summed E-state index contributed by atoms with van der Waals surface area (Å²) < 4.78 is 6.56. The molecule has 1 aromatic rings. The van der Waals surface area contributed by atoms with Gasteiger partial charge in [-0.25, -0.2) is 9.78 Å². The van der Waals surface area contributed by atoms with Gasteiger partial charge in [0.2, 0.25) is 0 Å². The first kappa shape index (κ1) is 10.8. The summed E-state index contributed by atoms with van der Waals surface area (Å²) in [5.74, 6) is 0.0361. The molecule has 0 spiro atoms. The molecule has 0 aliphatic heterocycles. The number of carbonyl (C=O) groups excluding carboxylic acids is 1. The Morgan fingerprint density at radius 2 is 2.36 bits per heavy atom. The summed E-state index contributed by atoms with van der Waals surface area (Å²) in [5.41, 5.74) is 0. The molecule has 2 unspecified atom stereocenters. The van der Waals surface area contributed by atoms with Crippen molar-refractivity contribution in [3.63, 3.8) is 0 Å². The predicted octanol–water partition coefficient (Wildman–Crippen LogP) is 1.64. The highest BCUT2D eigenvalue weighted by molar-refractivity contribution is 5.74. The minimum atomic E-state index is -0.257. The van der Waals surface area contributed by atoms with Crippen LogP contribution in [-0.2, 0) is 9.53 Å². The molecule has 1 rings (SSSR count). The zero-order chi connectivity index (χ0) is 10.6. The third-order valence-corrected chi connectivity index (χ3v) is 2.47. The van der Waals surface area contributed by atoms with E-state index in [0.29, 0.717) is 0 Å². The number of carbonyl (C=O) groups is 1. The maximum atomic E-state index is 11.5. The topological polar surface area (TPSA) is 44.1 Å². The minimum absolute atomic E-state index is 0.211. The monoisotopic (exact) mass is 196 g/mol. The van der Waals surface area contributed by atoms with Crippen molar-refractivity contribution in [2.45, 2.75) is 26.3 Å². The Kier molecular flexibility index (Phi) is 3.68. The number of hydrogen-bond donors (Lipinski definition) is 0. The van der Waals surface area contributed by atoms with Gasteiger partial charge in [0.25, 0.3) is 0 Å². The maximum absolute atomic E-state index is 11.5. The largest absolute Gasteiger partial charge is 0.467 e. The van der Waals surface area contributed by atoms with Crippen LogP contribution in [0.4, 0.5) is 0 Å². The summed E-state index contributed by atoms with van der Waals surface area (Å²) >= 11 is 0. The summed E-state index contributed by atoms with van der Waals surface area (Å²) in [6, 6.07) is -0.257. The smallest absolute Gasteiger partial charge is 0.329 e. The molecular weight excluding hydrogens is 180 g/mol. The van der Waals surface area contributed by atoms with E-state index in [1.54, 1.807) is 23.3 Å². The highest BCUT2D eigenvalue weighted by Gasteiger charge is 2.25. The van der Waals surface area contributed by atoms with Crippen LogP contribution < -0.4 is 0 Å². The number of rotatable bonds is 4. The van der Waals surface area contributed by atoms with E-state index in [1.807, 2.05) is 6.92 Å². The van der Waals surface area contributed by atoms with Crippen molar-refractivity contribution in [1.29, 1.82) is 0 Å². The van der Waals surface area contributed by atoms with Gasteiger partial charge < -0.3 is 9.30 Å². The van der Waals surface area contributed by atoms with E-state index in [0.717, 1.165) is 6.42 Å². The minimum Gasteiger partial charge on any atom is -0.467 e. The quantitative estimate of drug-likeness (QED) is 0.688. The van der Waals surface area contributed by atoms with Crippen LogP contribution in [0.3, 0.4) is 0 Å². The van der Waals surface area contributed by atoms with E-state index in [4.69, 9.17) is 4.74 Å². The summed E-state index contributed by atoms with van der Waals surface area (Å²) in [5, 5.41) is 0. The number of hydrogen-bond acceptors (Lipinski definition) is 3. The van der Waals surface area contributed by atoms with Gasteiger partial charge in [-0.3, -0.25) is 0 Å². The molecule has 1 heterocycles. The van der Waals surface area contributed by atoms with Gasteiger partial charge in [0.05, 0.1) is 13.4 Å². The lowest BCUT2D eigenvalue weighted by molar-refractivity contribution is -0.146. The number of imidazole rings is 1. The Hall–Kier alpha value is -1.32. The average molecular weight is 196 g/mol. The zero-order valence-electron chi connectivity index (χ0n) is 8.80. The molecular formula is C10H16N2O2. The van der Waals surface area contributed by atoms with Gasteiger partial charge in [-0.1, -0.05) is 20.3 Å². The van der Waals surface area contributed by atoms with E-state index in [2.05, 4.69) is 11.9 Å². The average Bonchev–Trinajstić information content (AvgIpc) is 2.70. The zero-order valence-corrected chi connectivity index (χ0v) is 8.80. The Bertz CT molecular complexity index is 282. The highest BCUT2D eigenvalue weighted by atomic mass is 16.5. The lowest BCUT2D eigenvalue weighted by atomic mass is 9.99. The number of methoxy groups -OCH3 is 1. The number of esters is 1. The van der Waals surface area contributed by atoms with Crippen molar-refractivity contribution in [3.8, 4) is 0 Å². The molecule has 4 nitrogen and oxygen atoms in total. The lowest BCUT2D eigenvalue weighted by Crippen LogP contribution is -2.25. The van der Waals surface area contributed by atoms with E-state index < -0.39 is 0 Å². The lowest BCUT2D eigenvalue weighted by Gasteiger charge is -2.21. The van der Waals surface area contributed by atoms with E-state index in [-0.39, 0.29) is 17.9 Å². The molecule has 0 aliphatic carbocycles. The summed E-state index contributed by atoms with van der Waals surface area (Å²) in [6.07, 6.45) is 6.03. The van der Waals surface area contributed by atoms with Crippen LogP contribution in [0.2, 0.25) is 0 Å². The summed E-state index contributed by atoms with van der Waals surface area (Å²) in [4.78, 5) is 15.5. The molecule has 2 atom stereocenters. The molecule has 0 fully saturated rings. The normalized spacial score (nSPS) is 14.8. The van der Waals surface area contributed by atoms with Crippen molar-refractivity contribution in [2.75, 3.05) is 7.11 Å². The van der Waals surface area contributed by atoms with Crippen LogP contribution in [0.1, 0.15) is 26.3 Å². The van der Waals surface area contributed by atoms with Gasteiger partial charge in [0.1, 0.15) is 6.04 Å². The molecule has 0 saturated carbocycles. The molecule has 1 aromatic heterocycles. The maximum Gasteiger partial charge on any atom is 0.329 e. The van der Waals surface area contributed by atoms with Gasteiger partial charge in [0, 0.05) is 12.4 Å². The van der Waals surface area contributed by atoms with E-state index >= 15 is 0 Å². The first-order valence-corrected chi connectivity index (χ1v) is 4.76. The van der Waals surface area contributed by atoms with Crippen LogP contribution >= 0.6 is 0 Å². The first-order chi connectivity index (χ1) is 6.70. The molecule has 4 heteroatoms. The van der Waals surface area contributed by atoms with Crippen LogP contribution in [0.5, 0.6) is 0 Å². The molecule has 0 N–H and O–H groups in total. The number of ether oxygens (including phenoxy) is 1. The fourth-order valence-electron chi connectivity index (χ4n) is 1.43. The van der Waals surface area contributed by atoms with Gasteiger partial charge in [-0.2, -0.15) is 0 Å². The second-order valence-electron chi connectivity index (χ2n) is 3.36. The second-order valence-corrected chi connectivity index (χ2v) is 3.36. The third kappa shape index (κ3) is 2.13. The van der Waals surface area contributed by atoms with Crippen molar-refractivity contribution in [2.24, 2.45) is 5.92 Å². The molecule has 0 aliphatic rings. The Labute approximate surface area is 83.9 Å². The van der Waals surface area contributed by atoms with Crippen LogP contribution in [0.15, 0.2) is 18.7 Å². The Morgan fingerprint density at radius 3 is 2.79 bits per heavy atom. The van der Waals surface area contributed by atoms with Crippen molar-refractivity contribution in [3.05, 3.63) is 18.7 Å². The fraction of sp³-hybridized carbons (Fsp3) is 0.600. The van der Waals surface area contributed by atoms with Gasteiger partial charge in [0.15, 0.2) is 0 Å². The standard InChI is InChI=1S/C10H16N2O2/c1-4-8(2)9(10(13)14-3)12-6-5-11-7-12/h5-9H,4H2,1-3H3. The highest BCUT2D eigenvalue weighted by Crippen LogP contribution is 2.21. The fourth-order valence-corrected chi connectivity index (χ4v) is 1.43. The first-order valence-electron chi connectivity index (χ1n) is 4.76. The predicted molar refractivity (Wildman–Crippen MR) is 52.7 cm³/mol. The van der Waals surface area contributed by atoms with Crippen molar-refractivity contribution in [1.82, 2.24) is 9.55 Å². The molecule has 0 bridgehead atoms. The summed E-state index contributed by atoms with van der Waals surface area (Å²) in [6.45, 7) is 4.08. The van der Waals surface area contributed by atoms with Gasteiger partial charge >= 0.3 is 5.97 Å². The Morgan fingerprint density at radius 1 is 1.64 bits per heavy atom. The Balaban J connectivity index is 2.88. The van der Waals surface area contributed by atoms with Crippen molar-refractivity contribution < 1.29 is 9.53 Å².